The van der Waals surface area contributed by atoms with Gasteiger partial charge in [-0.2, -0.15) is 13.2 Å². The van der Waals surface area contributed by atoms with Crippen LogP contribution in [0.15, 0.2) is 48.5 Å². The minimum absolute atomic E-state index is 0.0500. The second-order valence-corrected chi connectivity index (χ2v) is 10.9. The first-order valence-corrected chi connectivity index (χ1v) is 13.5. The molecule has 0 atom stereocenters. The summed E-state index contributed by atoms with van der Waals surface area (Å²) in [6.45, 7) is 2.89. The summed E-state index contributed by atoms with van der Waals surface area (Å²) in [7, 11) is 0. The Bertz CT molecular complexity index is 1120. The van der Waals surface area contributed by atoms with Gasteiger partial charge < -0.3 is 10.1 Å². The SMILES string of the molecule is O=C(NC1CCCCC1)c1ccc(CN2CC3(CCN(Cc4ccc(C(F)(F)F)cc4)CC3)OC2=O)cc1. The van der Waals surface area contributed by atoms with Crippen molar-refractivity contribution in [1.82, 2.24) is 15.1 Å². The van der Waals surface area contributed by atoms with Crippen molar-refractivity contribution in [2.24, 2.45) is 0 Å². The van der Waals surface area contributed by atoms with Gasteiger partial charge in [0.05, 0.1) is 12.1 Å². The lowest BCUT2D eigenvalue weighted by Crippen LogP contribution is -2.46. The standard InChI is InChI=1S/C29H34F3N3O3/c30-29(31,32)24-12-8-21(9-13-24)18-34-16-14-28(15-17-34)20-35(27(37)38-28)19-22-6-10-23(11-7-22)26(36)33-25-4-2-1-3-5-25/h6-13,25H,1-5,14-20H2,(H,33,36). The molecular weight excluding hydrogens is 495 g/mol. The first kappa shape index (κ1) is 26.5. The largest absolute Gasteiger partial charge is 0.441 e. The summed E-state index contributed by atoms with van der Waals surface area (Å²) in [6.07, 6.45) is 2.32. The first-order chi connectivity index (χ1) is 18.2. The maximum atomic E-state index is 12.8. The zero-order valence-electron chi connectivity index (χ0n) is 21.4. The minimum Gasteiger partial charge on any atom is -0.441 e. The maximum absolute atomic E-state index is 12.8. The van der Waals surface area contributed by atoms with Gasteiger partial charge in [-0.15, -0.1) is 0 Å². The van der Waals surface area contributed by atoms with Gasteiger partial charge in [0.25, 0.3) is 5.91 Å². The lowest BCUT2D eigenvalue weighted by Gasteiger charge is -2.37. The van der Waals surface area contributed by atoms with E-state index in [-0.39, 0.29) is 18.0 Å². The summed E-state index contributed by atoms with van der Waals surface area (Å²) in [5, 5.41) is 3.13. The third kappa shape index (κ3) is 6.31. The number of carbonyl (C=O) groups excluding carboxylic acids is 2. The fourth-order valence-corrected chi connectivity index (χ4v) is 5.75. The summed E-state index contributed by atoms with van der Waals surface area (Å²) >= 11 is 0. The van der Waals surface area contributed by atoms with Crippen LogP contribution in [0.25, 0.3) is 0 Å². The number of benzene rings is 2. The summed E-state index contributed by atoms with van der Waals surface area (Å²) in [5.74, 6) is -0.0500. The molecule has 204 valence electrons. The Hall–Kier alpha value is -3.07. The van der Waals surface area contributed by atoms with Gasteiger partial charge in [0.15, 0.2) is 0 Å². The van der Waals surface area contributed by atoms with E-state index in [9.17, 15) is 22.8 Å². The van der Waals surface area contributed by atoms with Crippen molar-refractivity contribution in [3.05, 3.63) is 70.8 Å². The molecule has 0 radical (unpaired) electrons. The highest BCUT2D eigenvalue weighted by Gasteiger charge is 2.46. The van der Waals surface area contributed by atoms with Crippen molar-refractivity contribution in [2.75, 3.05) is 19.6 Å². The molecule has 1 N–H and O–H groups in total. The molecule has 0 unspecified atom stereocenters. The van der Waals surface area contributed by atoms with Crippen LogP contribution in [0.3, 0.4) is 0 Å². The number of likely N-dealkylation sites (tertiary alicyclic amines) is 1. The lowest BCUT2D eigenvalue weighted by molar-refractivity contribution is -0.137. The fraction of sp³-hybridized carbons (Fsp3) is 0.517. The molecule has 38 heavy (non-hydrogen) atoms. The molecule has 0 bridgehead atoms. The number of ether oxygens (including phenoxy) is 1. The van der Waals surface area contributed by atoms with E-state index < -0.39 is 17.3 Å². The number of halogens is 3. The third-order valence-corrected chi connectivity index (χ3v) is 8.03. The van der Waals surface area contributed by atoms with Crippen LogP contribution in [-0.2, 0) is 24.0 Å². The Morgan fingerprint density at radius 1 is 0.921 bits per heavy atom. The molecule has 2 aromatic carbocycles. The average molecular weight is 530 g/mol. The quantitative estimate of drug-likeness (QED) is 0.517. The van der Waals surface area contributed by atoms with Gasteiger partial charge >= 0.3 is 12.3 Å². The van der Waals surface area contributed by atoms with E-state index in [1.807, 2.05) is 24.3 Å². The van der Waals surface area contributed by atoms with Gasteiger partial charge in [-0.25, -0.2) is 4.79 Å². The predicted molar refractivity (Wildman–Crippen MR) is 136 cm³/mol. The molecule has 1 aliphatic carbocycles. The summed E-state index contributed by atoms with van der Waals surface area (Å²) < 4.78 is 44.3. The van der Waals surface area contributed by atoms with Crippen LogP contribution < -0.4 is 5.32 Å². The summed E-state index contributed by atoms with van der Waals surface area (Å²) in [4.78, 5) is 29.1. The van der Waals surface area contributed by atoms with E-state index in [0.29, 0.717) is 51.1 Å². The van der Waals surface area contributed by atoms with Crippen LogP contribution in [-0.4, -0.2) is 53.1 Å². The lowest BCUT2D eigenvalue weighted by atomic mass is 9.91. The highest BCUT2D eigenvalue weighted by Crippen LogP contribution is 2.35. The molecule has 1 saturated carbocycles. The Balaban J connectivity index is 1.11. The molecule has 9 heteroatoms. The van der Waals surface area contributed by atoms with Crippen LogP contribution >= 0.6 is 0 Å². The zero-order valence-corrected chi connectivity index (χ0v) is 21.4. The van der Waals surface area contributed by atoms with Crippen molar-refractivity contribution in [3.63, 3.8) is 0 Å². The highest BCUT2D eigenvalue weighted by molar-refractivity contribution is 5.94. The molecule has 2 saturated heterocycles. The molecule has 3 aliphatic rings. The molecule has 2 heterocycles. The molecular formula is C29H34F3N3O3. The number of amides is 2. The molecule has 5 rings (SSSR count). The van der Waals surface area contributed by atoms with E-state index in [0.717, 1.165) is 48.9 Å². The number of nitrogens with one attached hydrogen (secondary N) is 1. The number of hydrogen-bond acceptors (Lipinski definition) is 4. The highest BCUT2D eigenvalue weighted by atomic mass is 19.4. The predicted octanol–water partition coefficient (Wildman–Crippen LogP) is 5.75. The molecule has 2 aromatic rings. The van der Waals surface area contributed by atoms with Crippen LogP contribution in [0, 0.1) is 0 Å². The van der Waals surface area contributed by atoms with Gasteiger partial charge in [0, 0.05) is 50.6 Å². The second kappa shape index (κ2) is 11.0. The smallest absolute Gasteiger partial charge is 0.416 e. The van der Waals surface area contributed by atoms with E-state index in [1.165, 1.54) is 18.6 Å². The number of hydrogen-bond donors (Lipinski definition) is 1. The molecule has 6 nitrogen and oxygen atoms in total. The van der Waals surface area contributed by atoms with Crippen molar-refractivity contribution in [1.29, 1.82) is 0 Å². The molecule has 2 amide bonds. The topological polar surface area (TPSA) is 61.9 Å². The van der Waals surface area contributed by atoms with Gasteiger partial charge in [0.2, 0.25) is 0 Å². The van der Waals surface area contributed by atoms with Crippen LogP contribution in [0.2, 0.25) is 0 Å². The third-order valence-electron chi connectivity index (χ3n) is 8.03. The zero-order chi connectivity index (χ0) is 26.8. The Morgan fingerprint density at radius 2 is 1.53 bits per heavy atom. The molecule has 0 aromatic heterocycles. The number of alkyl halides is 3. The normalized spacial score (nSPS) is 20.5. The number of nitrogens with zero attached hydrogens (tertiary/aromatic N) is 2. The number of rotatable bonds is 6. The van der Waals surface area contributed by atoms with Crippen molar-refractivity contribution >= 4 is 12.0 Å². The Morgan fingerprint density at radius 3 is 2.16 bits per heavy atom. The van der Waals surface area contributed by atoms with E-state index in [2.05, 4.69) is 10.2 Å². The monoisotopic (exact) mass is 529 g/mol. The van der Waals surface area contributed by atoms with E-state index in [4.69, 9.17) is 4.74 Å². The van der Waals surface area contributed by atoms with E-state index >= 15 is 0 Å². The van der Waals surface area contributed by atoms with Crippen molar-refractivity contribution in [2.45, 2.75) is 75.9 Å². The van der Waals surface area contributed by atoms with Gasteiger partial charge in [-0.1, -0.05) is 43.5 Å². The number of carbonyl (C=O) groups is 2. The minimum atomic E-state index is -4.33. The van der Waals surface area contributed by atoms with Crippen LogP contribution in [0.4, 0.5) is 18.0 Å². The van der Waals surface area contributed by atoms with E-state index in [1.54, 1.807) is 4.90 Å². The van der Waals surface area contributed by atoms with Gasteiger partial charge in [-0.3, -0.25) is 14.6 Å². The van der Waals surface area contributed by atoms with Crippen molar-refractivity contribution in [3.8, 4) is 0 Å². The average Bonchev–Trinajstić information content (AvgIpc) is 3.20. The first-order valence-electron chi connectivity index (χ1n) is 13.5. The Kier molecular flexibility index (Phi) is 7.66. The summed E-state index contributed by atoms with van der Waals surface area (Å²) in [6, 6.07) is 12.9. The van der Waals surface area contributed by atoms with Crippen molar-refractivity contribution < 1.29 is 27.5 Å². The van der Waals surface area contributed by atoms with Crippen LogP contribution in [0.5, 0.6) is 0 Å². The summed E-state index contributed by atoms with van der Waals surface area (Å²) in [5.41, 5.74) is 1.21. The maximum Gasteiger partial charge on any atom is 0.416 e. The van der Waals surface area contributed by atoms with Gasteiger partial charge in [0.1, 0.15) is 5.60 Å². The molecule has 1 spiro atoms. The van der Waals surface area contributed by atoms with Gasteiger partial charge in [-0.05, 0) is 48.2 Å². The van der Waals surface area contributed by atoms with Crippen LogP contribution in [0.1, 0.15) is 72.0 Å². The fourth-order valence-electron chi connectivity index (χ4n) is 5.75. The molecule has 3 fully saturated rings. The number of piperidine rings is 1. The Labute approximate surface area is 221 Å². The molecule has 2 aliphatic heterocycles. The second-order valence-electron chi connectivity index (χ2n) is 10.9.